The average molecular weight is 165 g/mol. The smallest absolute Gasteiger partial charge is 0.0587 e. The van der Waals surface area contributed by atoms with Crippen LogP contribution in [-0.2, 0) is 9.47 Å². The molecule has 11 heavy (non-hydrogen) atoms. The van der Waals surface area contributed by atoms with Gasteiger partial charge in [-0.25, -0.2) is 0 Å². The molecule has 0 saturated carbocycles. The van der Waals surface area contributed by atoms with Gasteiger partial charge < -0.3 is 14.8 Å². The molecule has 0 amide bonds. The van der Waals surface area contributed by atoms with Gasteiger partial charge in [0.25, 0.3) is 0 Å². The Morgan fingerprint density at radius 2 is 1.36 bits per heavy atom. The second-order valence-electron chi connectivity index (χ2n) is 1.74. The summed E-state index contributed by atoms with van der Waals surface area (Å²) >= 11 is 0. The Balaban J connectivity index is 0. The monoisotopic (exact) mass is 165 g/mol. The molecule has 0 saturated heterocycles. The molecule has 0 aliphatic heterocycles. The van der Waals surface area contributed by atoms with E-state index >= 15 is 0 Å². The summed E-state index contributed by atoms with van der Waals surface area (Å²) in [5.74, 6) is 8.00. The number of nitrogens with two attached hydrogens (primary N) is 2. The van der Waals surface area contributed by atoms with Crippen molar-refractivity contribution >= 4 is 0 Å². The van der Waals surface area contributed by atoms with E-state index in [1.165, 1.54) is 0 Å². The fourth-order valence-corrected chi connectivity index (χ4v) is 0.473. The number of hydrogen-bond acceptors (Lipinski definition) is 5. The van der Waals surface area contributed by atoms with Crippen molar-refractivity contribution in [3.8, 4) is 0 Å². The van der Waals surface area contributed by atoms with Crippen LogP contribution in [0.15, 0.2) is 0 Å². The number of ether oxygens (including phenoxy) is 2. The van der Waals surface area contributed by atoms with Crippen LogP contribution < -0.4 is 17.0 Å². The van der Waals surface area contributed by atoms with Crippen LogP contribution in [0.5, 0.6) is 0 Å². The van der Waals surface area contributed by atoms with Crippen molar-refractivity contribution in [2.75, 3.05) is 40.5 Å². The Bertz CT molecular complexity index is 49.1. The van der Waals surface area contributed by atoms with Crippen LogP contribution in [0.4, 0.5) is 0 Å². The van der Waals surface area contributed by atoms with E-state index in [1.54, 1.807) is 14.2 Å². The minimum absolute atomic E-state index is 0.768. The molecule has 5 nitrogen and oxygen atoms in total. The summed E-state index contributed by atoms with van der Waals surface area (Å²) in [5.41, 5.74) is 0. The fraction of sp³-hybridized carbons (Fsp3) is 1.00. The second kappa shape index (κ2) is 16.4. The third-order valence-corrected chi connectivity index (χ3v) is 0.966. The van der Waals surface area contributed by atoms with Crippen LogP contribution in [0.3, 0.4) is 0 Å². The zero-order chi connectivity index (χ0) is 8.95. The summed E-state index contributed by atoms with van der Waals surface area (Å²) in [7, 11) is 3.38. The Morgan fingerprint density at radius 1 is 1.00 bits per heavy atom. The van der Waals surface area contributed by atoms with Crippen molar-refractivity contribution in [2.45, 2.75) is 0 Å². The van der Waals surface area contributed by atoms with Crippen LogP contribution in [0, 0.1) is 0 Å². The van der Waals surface area contributed by atoms with E-state index < -0.39 is 0 Å². The molecule has 0 atom stereocenters. The van der Waals surface area contributed by atoms with Gasteiger partial charge in [-0.05, 0) is 0 Å². The maximum absolute atomic E-state index is 4.82. The Kier molecular flexibility index (Phi) is 20.0. The van der Waals surface area contributed by atoms with Gasteiger partial charge in [0, 0.05) is 27.3 Å². The van der Waals surface area contributed by atoms with Crippen molar-refractivity contribution < 1.29 is 9.47 Å². The zero-order valence-corrected chi connectivity index (χ0v) is 7.30. The molecule has 0 radical (unpaired) electrons. The fourth-order valence-electron chi connectivity index (χ4n) is 0.473. The van der Waals surface area contributed by atoms with Crippen molar-refractivity contribution in [2.24, 2.45) is 11.7 Å². The Morgan fingerprint density at radius 3 is 1.64 bits per heavy atom. The Hall–Kier alpha value is -0.200. The minimum atomic E-state index is 0.768. The molecule has 0 aromatic carbocycles. The Labute approximate surface area is 68.0 Å². The summed E-state index contributed by atoms with van der Waals surface area (Å²) in [4.78, 5) is 0. The lowest BCUT2D eigenvalue weighted by atomic mass is 10.6. The molecular formula is C6H19N3O2. The van der Waals surface area contributed by atoms with Gasteiger partial charge in [0.15, 0.2) is 0 Å². The highest BCUT2D eigenvalue weighted by Gasteiger charge is 1.83. The number of methoxy groups -OCH3 is 2. The van der Waals surface area contributed by atoms with Gasteiger partial charge in [0.05, 0.1) is 13.2 Å². The number of hydrogen-bond donors (Lipinski definition) is 3. The summed E-state index contributed by atoms with van der Waals surface area (Å²) in [6, 6.07) is 0. The maximum atomic E-state index is 4.82. The van der Waals surface area contributed by atoms with Gasteiger partial charge >= 0.3 is 0 Å². The van der Waals surface area contributed by atoms with Gasteiger partial charge in [-0.2, -0.15) is 0 Å². The summed E-state index contributed by atoms with van der Waals surface area (Å²) < 4.78 is 9.64. The quantitative estimate of drug-likeness (QED) is 0.258. The van der Waals surface area contributed by atoms with E-state index in [0.717, 1.165) is 26.3 Å². The van der Waals surface area contributed by atoms with Crippen molar-refractivity contribution in [1.82, 2.24) is 5.32 Å². The van der Waals surface area contributed by atoms with E-state index in [2.05, 4.69) is 17.0 Å². The third kappa shape index (κ3) is 17.7. The normalized spacial score (nSPS) is 8.73. The molecule has 70 valence electrons. The molecule has 0 fully saturated rings. The van der Waals surface area contributed by atoms with Crippen LogP contribution in [-0.4, -0.2) is 40.5 Å². The second-order valence-corrected chi connectivity index (χ2v) is 1.74. The van der Waals surface area contributed by atoms with Crippen LogP contribution in [0.25, 0.3) is 0 Å². The molecule has 0 aromatic heterocycles. The van der Waals surface area contributed by atoms with Crippen LogP contribution in [0.1, 0.15) is 0 Å². The predicted molar refractivity (Wildman–Crippen MR) is 45.0 cm³/mol. The first-order valence-corrected chi connectivity index (χ1v) is 3.43. The number of nitrogens with one attached hydrogen (secondary N) is 1. The summed E-state index contributed by atoms with van der Waals surface area (Å²) in [6.07, 6.45) is 0. The molecule has 0 rings (SSSR count). The SMILES string of the molecule is COCCNCCOC.NN. The lowest BCUT2D eigenvalue weighted by Crippen LogP contribution is -2.23. The van der Waals surface area contributed by atoms with Gasteiger partial charge in [0.2, 0.25) is 0 Å². The maximum Gasteiger partial charge on any atom is 0.0587 e. The van der Waals surface area contributed by atoms with E-state index in [4.69, 9.17) is 9.47 Å². The molecule has 0 unspecified atom stereocenters. The van der Waals surface area contributed by atoms with Crippen LogP contribution >= 0.6 is 0 Å². The first-order valence-electron chi connectivity index (χ1n) is 3.43. The van der Waals surface area contributed by atoms with E-state index in [-0.39, 0.29) is 0 Å². The van der Waals surface area contributed by atoms with Gasteiger partial charge in [-0.1, -0.05) is 0 Å². The highest BCUT2D eigenvalue weighted by molar-refractivity contribution is 4.42. The summed E-state index contributed by atoms with van der Waals surface area (Å²) in [6.45, 7) is 3.34. The van der Waals surface area contributed by atoms with Crippen LogP contribution in [0.2, 0.25) is 0 Å². The largest absolute Gasteiger partial charge is 0.383 e. The summed E-state index contributed by atoms with van der Waals surface area (Å²) in [5, 5.41) is 3.14. The standard InChI is InChI=1S/C6H15NO2.H4N2/c1-8-5-3-7-4-6-9-2;1-2/h7H,3-6H2,1-2H3;1-2H2. The first kappa shape index (κ1) is 13.4. The highest BCUT2D eigenvalue weighted by Crippen LogP contribution is 1.65. The third-order valence-electron chi connectivity index (χ3n) is 0.966. The average Bonchev–Trinajstić information content (AvgIpc) is 2.08. The molecule has 0 heterocycles. The lowest BCUT2D eigenvalue weighted by Gasteiger charge is -2.01. The molecule has 0 aliphatic rings. The van der Waals surface area contributed by atoms with Gasteiger partial charge in [0.1, 0.15) is 0 Å². The first-order chi connectivity index (χ1) is 5.41. The van der Waals surface area contributed by atoms with E-state index in [9.17, 15) is 0 Å². The van der Waals surface area contributed by atoms with Crippen molar-refractivity contribution in [3.63, 3.8) is 0 Å². The van der Waals surface area contributed by atoms with E-state index in [1.807, 2.05) is 0 Å². The molecule has 0 aromatic rings. The van der Waals surface area contributed by atoms with Gasteiger partial charge in [-0.15, -0.1) is 0 Å². The zero-order valence-electron chi connectivity index (χ0n) is 7.30. The predicted octanol–water partition coefficient (Wildman–Crippen LogP) is -1.31. The lowest BCUT2D eigenvalue weighted by molar-refractivity contribution is 0.180. The van der Waals surface area contributed by atoms with E-state index in [0.29, 0.717) is 0 Å². The molecule has 0 aliphatic carbocycles. The minimum Gasteiger partial charge on any atom is -0.383 e. The molecule has 5 N–H and O–H groups in total. The molecule has 5 heteroatoms. The van der Waals surface area contributed by atoms with Gasteiger partial charge in [-0.3, -0.25) is 11.7 Å². The van der Waals surface area contributed by atoms with Crippen molar-refractivity contribution in [1.29, 1.82) is 0 Å². The highest BCUT2D eigenvalue weighted by atomic mass is 16.5. The number of hydrazine groups is 1. The topological polar surface area (TPSA) is 82.5 Å². The van der Waals surface area contributed by atoms with Crippen molar-refractivity contribution in [3.05, 3.63) is 0 Å². The molecular weight excluding hydrogens is 146 g/mol. The molecule has 0 bridgehead atoms. The molecule has 0 spiro atoms. The number of rotatable bonds is 6.